The minimum absolute atomic E-state index is 0.0323. The van der Waals surface area contributed by atoms with E-state index in [1.54, 1.807) is 34.9 Å². The van der Waals surface area contributed by atoms with Crippen molar-refractivity contribution in [3.8, 4) is 0 Å². The zero-order valence-electron chi connectivity index (χ0n) is 28.3. The molecule has 2 aliphatic heterocycles. The number of carbonyl (C=O) groups is 2. The summed E-state index contributed by atoms with van der Waals surface area (Å²) in [7, 11) is 1.63. The zero-order valence-corrected chi connectivity index (χ0v) is 28.3. The van der Waals surface area contributed by atoms with Crippen molar-refractivity contribution in [1.29, 1.82) is 0 Å². The molecule has 0 unspecified atom stereocenters. The molecule has 2 aliphatic rings. The van der Waals surface area contributed by atoms with E-state index in [0.29, 0.717) is 86.1 Å². The van der Waals surface area contributed by atoms with Gasteiger partial charge in [-0.05, 0) is 68.0 Å². The fourth-order valence-electron chi connectivity index (χ4n) is 6.47. The lowest BCUT2D eigenvalue weighted by atomic mass is 9.99. The highest BCUT2D eigenvalue weighted by molar-refractivity contribution is 6.07. The molecule has 5 heterocycles. The van der Waals surface area contributed by atoms with Gasteiger partial charge in [0.2, 0.25) is 5.95 Å². The largest absolute Gasteiger partial charge is 0.385 e. The lowest BCUT2D eigenvalue weighted by molar-refractivity contribution is 0.0738. The maximum absolute atomic E-state index is 13.7. The van der Waals surface area contributed by atoms with E-state index in [1.165, 1.54) is 21.7 Å². The van der Waals surface area contributed by atoms with E-state index in [-0.39, 0.29) is 35.7 Å². The first-order valence-corrected chi connectivity index (χ1v) is 17.0. The Hall–Kier alpha value is -5.30. The van der Waals surface area contributed by atoms with Crippen LogP contribution in [-0.4, -0.2) is 74.9 Å². The van der Waals surface area contributed by atoms with Crippen LogP contribution in [0, 0.1) is 5.95 Å². The highest BCUT2D eigenvalue weighted by atomic mass is 19.1. The van der Waals surface area contributed by atoms with Crippen LogP contribution in [0.5, 0.6) is 0 Å². The molecule has 2 amide bonds. The molecule has 4 aromatic rings. The normalized spacial score (nSPS) is 13.6. The summed E-state index contributed by atoms with van der Waals surface area (Å²) >= 11 is 0. The molecular formula is C37H40FN7O5. The third-order valence-electron chi connectivity index (χ3n) is 9.08. The molecule has 0 N–H and O–H groups in total. The molecule has 0 atom stereocenters. The smallest absolute Gasteiger partial charge is 0.332 e. The third-order valence-corrected chi connectivity index (χ3v) is 9.08. The van der Waals surface area contributed by atoms with Crippen molar-refractivity contribution >= 4 is 29.2 Å². The second-order valence-corrected chi connectivity index (χ2v) is 12.4. The molecule has 3 aromatic heterocycles. The van der Waals surface area contributed by atoms with Gasteiger partial charge in [-0.15, -0.1) is 0 Å². The Morgan fingerprint density at radius 3 is 2.52 bits per heavy atom. The predicted molar refractivity (Wildman–Crippen MR) is 187 cm³/mol. The zero-order chi connectivity index (χ0) is 35.2. The third kappa shape index (κ3) is 7.18. The lowest BCUT2D eigenvalue weighted by Crippen LogP contribution is -2.41. The summed E-state index contributed by atoms with van der Waals surface area (Å²) in [6.45, 7) is 4.49. The Labute approximate surface area is 288 Å². The van der Waals surface area contributed by atoms with Gasteiger partial charge >= 0.3 is 5.69 Å². The molecule has 6 rings (SSSR count). The quantitative estimate of drug-likeness (QED) is 0.144. The van der Waals surface area contributed by atoms with Crippen LogP contribution >= 0.6 is 0 Å². The van der Waals surface area contributed by atoms with Crippen LogP contribution in [0.3, 0.4) is 0 Å². The number of fused-ring (bicyclic) bond motifs is 2. The summed E-state index contributed by atoms with van der Waals surface area (Å²) in [5.74, 6) is -0.406. The SMILES string of the molecule is CCCn1c(=O)c2c(n(CCCCOC)c1=O)N=C(c1ccc(N(CCCN3CCc4ccccc4C3=O)C(=O)c3ccc(F)nc3)nc1)C2. The van der Waals surface area contributed by atoms with Gasteiger partial charge in [0.05, 0.1) is 16.8 Å². The highest BCUT2D eigenvalue weighted by Crippen LogP contribution is 2.27. The van der Waals surface area contributed by atoms with E-state index in [0.717, 1.165) is 24.5 Å². The van der Waals surface area contributed by atoms with Gasteiger partial charge in [-0.1, -0.05) is 25.1 Å². The van der Waals surface area contributed by atoms with Gasteiger partial charge < -0.3 is 9.64 Å². The fraction of sp³-hybridized carbons (Fsp3) is 0.378. The second-order valence-electron chi connectivity index (χ2n) is 12.4. The molecule has 1 aromatic carbocycles. The maximum Gasteiger partial charge on any atom is 0.332 e. The number of aromatic nitrogens is 4. The Morgan fingerprint density at radius 1 is 0.940 bits per heavy atom. The van der Waals surface area contributed by atoms with Crippen LogP contribution in [0.2, 0.25) is 0 Å². The van der Waals surface area contributed by atoms with E-state index in [2.05, 4.69) is 9.97 Å². The molecule has 0 aliphatic carbocycles. The molecular weight excluding hydrogens is 641 g/mol. The number of halogens is 1. The van der Waals surface area contributed by atoms with Crippen LogP contribution in [0.1, 0.15) is 70.0 Å². The number of benzene rings is 1. The van der Waals surface area contributed by atoms with Gasteiger partial charge in [0, 0.05) is 76.4 Å². The summed E-state index contributed by atoms with van der Waals surface area (Å²) in [4.78, 5) is 69.9. The molecule has 260 valence electrons. The fourth-order valence-corrected chi connectivity index (χ4v) is 6.47. The van der Waals surface area contributed by atoms with E-state index in [9.17, 15) is 23.6 Å². The predicted octanol–water partition coefficient (Wildman–Crippen LogP) is 4.19. The van der Waals surface area contributed by atoms with Crippen LogP contribution in [0.25, 0.3) is 0 Å². The first-order valence-electron chi connectivity index (χ1n) is 17.0. The number of aliphatic imine (C=N–C) groups is 1. The minimum atomic E-state index is -0.695. The minimum Gasteiger partial charge on any atom is -0.385 e. The second kappa shape index (κ2) is 15.5. The molecule has 0 saturated heterocycles. The molecule has 0 bridgehead atoms. The summed E-state index contributed by atoms with van der Waals surface area (Å²) < 4.78 is 21.6. The average Bonchev–Trinajstić information content (AvgIpc) is 3.58. The van der Waals surface area contributed by atoms with Crippen molar-refractivity contribution in [3.63, 3.8) is 0 Å². The first-order chi connectivity index (χ1) is 24.3. The number of unbranched alkanes of at least 4 members (excludes halogenated alkanes) is 1. The van der Waals surface area contributed by atoms with Crippen molar-refractivity contribution < 1.29 is 18.7 Å². The number of rotatable bonds is 14. The number of carbonyl (C=O) groups excluding carboxylic acids is 2. The van der Waals surface area contributed by atoms with Gasteiger partial charge in [-0.25, -0.2) is 19.8 Å². The molecule has 50 heavy (non-hydrogen) atoms. The van der Waals surface area contributed by atoms with Crippen LogP contribution < -0.4 is 16.1 Å². The van der Waals surface area contributed by atoms with Gasteiger partial charge in [0.1, 0.15) is 11.6 Å². The molecule has 12 nitrogen and oxygen atoms in total. The summed E-state index contributed by atoms with van der Waals surface area (Å²) in [6, 6.07) is 13.6. The Bertz CT molecular complexity index is 2020. The van der Waals surface area contributed by atoms with E-state index in [1.807, 2.05) is 31.2 Å². The van der Waals surface area contributed by atoms with Gasteiger partial charge in [-0.3, -0.25) is 28.4 Å². The Kier molecular flexibility index (Phi) is 10.7. The Balaban J connectivity index is 1.24. The standard InChI is InChI=1S/C37H40FN7O5/c1-3-16-45-36(48)29-22-30(41-33(29)44(37(45)49)18-6-7-21-50-2)26-12-14-32(40-23-26)43(34(46)27-11-13-31(38)39-24-27)19-8-17-42-20-15-25-9-4-5-10-28(25)35(42)47/h4-5,9-14,23-24H,3,6-8,15-22H2,1-2H3. The van der Waals surface area contributed by atoms with E-state index in [4.69, 9.17) is 9.73 Å². The molecule has 0 spiro atoms. The number of pyridine rings is 2. The average molecular weight is 682 g/mol. The van der Waals surface area contributed by atoms with Gasteiger partial charge in [-0.2, -0.15) is 4.39 Å². The maximum atomic E-state index is 13.7. The lowest BCUT2D eigenvalue weighted by Gasteiger charge is -2.29. The van der Waals surface area contributed by atoms with Crippen LogP contribution in [0.4, 0.5) is 16.0 Å². The number of amides is 2. The monoisotopic (exact) mass is 681 g/mol. The van der Waals surface area contributed by atoms with Crippen molar-refractivity contribution in [2.75, 3.05) is 38.3 Å². The van der Waals surface area contributed by atoms with Crippen molar-refractivity contribution in [3.05, 3.63) is 116 Å². The number of hydrogen-bond acceptors (Lipinski definition) is 8. The molecule has 0 saturated carbocycles. The van der Waals surface area contributed by atoms with Gasteiger partial charge in [0.25, 0.3) is 17.4 Å². The van der Waals surface area contributed by atoms with E-state index < -0.39 is 11.9 Å². The number of ether oxygens (including phenoxy) is 1. The van der Waals surface area contributed by atoms with Gasteiger partial charge in [0.15, 0.2) is 0 Å². The number of anilines is 1. The van der Waals surface area contributed by atoms with E-state index >= 15 is 0 Å². The highest BCUT2D eigenvalue weighted by Gasteiger charge is 2.28. The Morgan fingerprint density at radius 2 is 1.78 bits per heavy atom. The van der Waals surface area contributed by atoms with Crippen molar-refractivity contribution in [2.24, 2.45) is 4.99 Å². The first kappa shape index (κ1) is 34.6. The summed E-state index contributed by atoms with van der Waals surface area (Å²) in [6.07, 6.45) is 6.37. The number of nitrogens with zero attached hydrogens (tertiary/aromatic N) is 7. The van der Waals surface area contributed by atoms with Crippen LogP contribution in [0.15, 0.2) is 75.5 Å². The molecule has 0 radical (unpaired) electrons. The number of hydrogen-bond donors (Lipinski definition) is 0. The van der Waals surface area contributed by atoms with Crippen molar-refractivity contribution in [2.45, 2.75) is 58.5 Å². The van der Waals surface area contributed by atoms with Crippen molar-refractivity contribution in [1.82, 2.24) is 24.0 Å². The van der Waals surface area contributed by atoms with Crippen LogP contribution in [-0.2, 0) is 30.7 Å². The molecule has 13 heteroatoms. The topological polar surface area (TPSA) is 132 Å². The summed E-state index contributed by atoms with van der Waals surface area (Å²) in [5, 5.41) is 0. The number of methoxy groups -OCH3 is 1. The summed E-state index contributed by atoms with van der Waals surface area (Å²) in [5.41, 5.74) is 2.95. The molecule has 0 fully saturated rings.